The molecular formula is C16H23FN2O3. The SMILES string of the molecule is CCC(NC(=O)NCC(O)c1ccc(F)cc1)C1CCCO1. The van der Waals surface area contributed by atoms with E-state index in [0.717, 1.165) is 25.9 Å². The van der Waals surface area contributed by atoms with Crippen LogP contribution in [-0.2, 0) is 4.74 Å². The number of amides is 2. The van der Waals surface area contributed by atoms with Crippen LogP contribution in [0, 0.1) is 5.82 Å². The number of hydrogen-bond acceptors (Lipinski definition) is 3. The number of nitrogens with one attached hydrogen (secondary N) is 2. The van der Waals surface area contributed by atoms with Gasteiger partial charge < -0.3 is 20.5 Å². The van der Waals surface area contributed by atoms with Gasteiger partial charge in [0, 0.05) is 13.2 Å². The Morgan fingerprint density at radius 1 is 1.45 bits per heavy atom. The zero-order valence-electron chi connectivity index (χ0n) is 12.7. The standard InChI is InChI=1S/C16H23FN2O3/c1-2-13(15-4-3-9-22-15)19-16(21)18-10-14(20)11-5-7-12(17)8-6-11/h5-8,13-15,20H,2-4,9-10H2,1H3,(H2,18,19,21). The van der Waals surface area contributed by atoms with Crippen molar-refractivity contribution < 1.29 is 19.0 Å². The maximum absolute atomic E-state index is 12.8. The predicted octanol–water partition coefficient (Wildman–Crippen LogP) is 2.12. The minimum atomic E-state index is -0.867. The Morgan fingerprint density at radius 3 is 2.77 bits per heavy atom. The smallest absolute Gasteiger partial charge is 0.315 e. The second-order valence-electron chi connectivity index (χ2n) is 5.49. The minimum Gasteiger partial charge on any atom is -0.387 e. The number of hydrogen-bond donors (Lipinski definition) is 3. The first kappa shape index (κ1) is 16.7. The molecule has 0 aliphatic carbocycles. The van der Waals surface area contributed by atoms with Gasteiger partial charge >= 0.3 is 6.03 Å². The van der Waals surface area contributed by atoms with Gasteiger partial charge in [-0.1, -0.05) is 19.1 Å². The van der Waals surface area contributed by atoms with Crippen molar-refractivity contribution in [3.05, 3.63) is 35.6 Å². The lowest BCUT2D eigenvalue weighted by Crippen LogP contribution is -2.48. The summed E-state index contributed by atoms with van der Waals surface area (Å²) in [7, 11) is 0. The molecule has 1 aliphatic heterocycles. The molecule has 0 bridgehead atoms. The first-order valence-electron chi connectivity index (χ1n) is 7.69. The lowest BCUT2D eigenvalue weighted by molar-refractivity contribution is 0.0793. The van der Waals surface area contributed by atoms with E-state index in [9.17, 15) is 14.3 Å². The van der Waals surface area contributed by atoms with Crippen LogP contribution in [0.2, 0.25) is 0 Å². The van der Waals surface area contributed by atoms with Gasteiger partial charge in [0.1, 0.15) is 5.82 Å². The fourth-order valence-electron chi connectivity index (χ4n) is 2.59. The largest absolute Gasteiger partial charge is 0.387 e. The average Bonchev–Trinajstić information content (AvgIpc) is 3.05. The molecule has 5 nitrogen and oxygen atoms in total. The number of benzene rings is 1. The van der Waals surface area contributed by atoms with Crippen LogP contribution < -0.4 is 10.6 Å². The lowest BCUT2D eigenvalue weighted by atomic mass is 10.1. The summed E-state index contributed by atoms with van der Waals surface area (Å²) in [6.07, 6.45) is 1.97. The molecule has 3 N–H and O–H groups in total. The average molecular weight is 310 g/mol. The summed E-state index contributed by atoms with van der Waals surface area (Å²) in [6.45, 7) is 2.81. The Labute approximate surface area is 129 Å². The van der Waals surface area contributed by atoms with Crippen LogP contribution in [0.25, 0.3) is 0 Å². The molecule has 22 heavy (non-hydrogen) atoms. The highest BCUT2D eigenvalue weighted by molar-refractivity contribution is 5.74. The topological polar surface area (TPSA) is 70.6 Å². The highest BCUT2D eigenvalue weighted by Crippen LogP contribution is 2.17. The maximum Gasteiger partial charge on any atom is 0.315 e. The van der Waals surface area contributed by atoms with Gasteiger partial charge in [-0.15, -0.1) is 0 Å². The van der Waals surface area contributed by atoms with Crippen molar-refractivity contribution >= 4 is 6.03 Å². The minimum absolute atomic E-state index is 0.0227. The molecule has 122 valence electrons. The first-order chi connectivity index (χ1) is 10.6. The summed E-state index contributed by atoms with van der Waals surface area (Å²) in [5.41, 5.74) is 0.563. The maximum atomic E-state index is 12.8. The first-order valence-corrected chi connectivity index (χ1v) is 7.69. The van der Waals surface area contributed by atoms with Gasteiger partial charge in [-0.05, 0) is 37.0 Å². The number of rotatable bonds is 6. The molecule has 6 heteroatoms. The summed E-state index contributed by atoms with van der Waals surface area (Å²) >= 11 is 0. The molecule has 1 aromatic rings. The summed E-state index contributed by atoms with van der Waals surface area (Å²) in [6, 6.07) is 5.21. The third-order valence-electron chi connectivity index (χ3n) is 3.88. The van der Waals surface area contributed by atoms with E-state index in [1.807, 2.05) is 6.92 Å². The number of aliphatic hydroxyl groups excluding tert-OH is 1. The molecule has 1 aromatic carbocycles. The van der Waals surface area contributed by atoms with E-state index < -0.39 is 6.10 Å². The van der Waals surface area contributed by atoms with Crippen LogP contribution in [0.15, 0.2) is 24.3 Å². The molecule has 2 rings (SSSR count). The molecule has 0 radical (unpaired) electrons. The lowest BCUT2D eigenvalue weighted by Gasteiger charge is -2.23. The molecule has 1 saturated heterocycles. The third kappa shape index (κ3) is 4.68. The summed E-state index contributed by atoms with van der Waals surface area (Å²) in [5, 5.41) is 15.5. The Hall–Kier alpha value is -1.66. The third-order valence-corrected chi connectivity index (χ3v) is 3.88. The van der Waals surface area contributed by atoms with Gasteiger partial charge in [0.2, 0.25) is 0 Å². The van der Waals surface area contributed by atoms with Crippen molar-refractivity contribution in [1.82, 2.24) is 10.6 Å². The van der Waals surface area contributed by atoms with Gasteiger partial charge in [0.15, 0.2) is 0 Å². The number of ether oxygens (including phenoxy) is 1. The van der Waals surface area contributed by atoms with Crippen LogP contribution in [0.4, 0.5) is 9.18 Å². The Morgan fingerprint density at radius 2 is 2.18 bits per heavy atom. The zero-order valence-corrected chi connectivity index (χ0v) is 12.7. The molecule has 0 aromatic heterocycles. The number of urea groups is 1. The zero-order chi connectivity index (χ0) is 15.9. The molecular weight excluding hydrogens is 287 g/mol. The quantitative estimate of drug-likeness (QED) is 0.754. The molecule has 3 atom stereocenters. The van der Waals surface area contributed by atoms with Crippen molar-refractivity contribution in [2.75, 3.05) is 13.2 Å². The Bertz CT molecular complexity index is 475. The number of carbonyl (C=O) groups is 1. The van der Waals surface area contributed by atoms with Gasteiger partial charge in [-0.3, -0.25) is 0 Å². The van der Waals surface area contributed by atoms with E-state index in [-0.39, 0.29) is 30.5 Å². The van der Waals surface area contributed by atoms with E-state index in [4.69, 9.17) is 4.74 Å². The van der Waals surface area contributed by atoms with Crippen LogP contribution >= 0.6 is 0 Å². The highest BCUT2D eigenvalue weighted by atomic mass is 19.1. The molecule has 1 heterocycles. The van der Waals surface area contributed by atoms with Crippen LogP contribution in [0.5, 0.6) is 0 Å². The molecule has 2 amide bonds. The van der Waals surface area contributed by atoms with Crippen molar-refractivity contribution in [2.24, 2.45) is 0 Å². The fraction of sp³-hybridized carbons (Fsp3) is 0.562. The molecule has 1 aliphatic rings. The Kier molecular flexibility index (Phi) is 6.15. The van der Waals surface area contributed by atoms with Crippen LogP contribution in [0.1, 0.15) is 37.9 Å². The second-order valence-corrected chi connectivity index (χ2v) is 5.49. The van der Waals surface area contributed by atoms with Crippen LogP contribution in [0.3, 0.4) is 0 Å². The number of halogens is 1. The van der Waals surface area contributed by atoms with E-state index in [0.29, 0.717) is 5.56 Å². The van der Waals surface area contributed by atoms with Crippen molar-refractivity contribution in [3.8, 4) is 0 Å². The number of aliphatic hydroxyl groups is 1. The van der Waals surface area contributed by atoms with Crippen molar-refractivity contribution in [3.63, 3.8) is 0 Å². The van der Waals surface area contributed by atoms with Crippen LogP contribution in [-0.4, -0.2) is 36.4 Å². The molecule has 1 fully saturated rings. The van der Waals surface area contributed by atoms with Gasteiger partial charge in [-0.2, -0.15) is 0 Å². The highest BCUT2D eigenvalue weighted by Gasteiger charge is 2.25. The van der Waals surface area contributed by atoms with Crippen molar-refractivity contribution in [1.29, 1.82) is 0 Å². The summed E-state index contributed by atoms with van der Waals surface area (Å²) in [4.78, 5) is 11.9. The predicted molar refractivity (Wildman–Crippen MR) is 80.9 cm³/mol. The summed E-state index contributed by atoms with van der Waals surface area (Å²) < 4.78 is 18.4. The Balaban J connectivity index is 1.77. The molecule has 0 spiro atoms. The molecule has 3 unspecified atom stereocenters. The van der Waals surface area contributed by atoms with E-state index in [2.05, 4.69) is 10.6 Å². The van der Waals surface area contributed by atoms with Gasteiger partial charge in [0.05, 0.1) is 18.2 Å². The van der Waals surface area contributed by atoms with Gasteiger partial charge in [-0.25, -0.2) is 9.18 Å². The monoisotopic (exact) mass is 310 g/mol. The summed E-state index contributed by atoms with van der Waals surface area (Å²) in [5.74, 6) is -0.357. The van der Waals surface area contributed by atoms with E-state index >= 15 is 0 Å². The normalized spacial score (nSPS) is 20.4. The van der Waals surface area contributed by atoms with Gasteiger partial charge in [0.25, 0.3) is 0 Å². The second kappa shape index (κ2) is 8.10. The van der Waals surface area contributed by atoms with Crippen molar-refractivity contribution in [2.45, 2.75) is 44.4 Å². The van der Waals surface area contributed by atoms with E-state index in [1.165, 1.54) is 24.3 Å². The fourth-order valence-corrected chi connectivity index (χ4v) is 2.59. The van der Waals surface area contributed by atoms with E-state index in [1.54, 1.807) is 0 Å². The molecule has 0 saturated carbocycles. The number of carbonyl (C=O) groups excluding carboxylic acids is 1.